The van der Waals surface area contributed by atoms with Crippen LogP contribution in [0, 0.1) is 0 Å². The van der Waals surface area contributed by atoms with E-state index in [0.717, 1.165) is 36.8 Å². The molecule has 3 nitrogen and oxygen atoms in total. The van der Waals surface area contributed by atoms with Gasteiger partial charge >= 0.3 is 0 Å². The molecule has 0 saturated heterocycles. The van der Waals surface area contributed by atoms with Crippen LogP contribution in [0.5, 0.6) is 0 Å². The van der Waals surface area contributed by atoms with E-state index in [1.54, 1.807) is 6.20 Å². The molecule has 0 fully saturated rings. The molecule has 0 unspecified atom stereocenters. The molecule has 1 heterocycles. The SMILES string of the molecule is CC(C)NCCCNCc1cc(Cl)c[nH]1. The number of rotatable bonds is 7. The predicted molar refractivity (Wildman–Crippen MR) is 65.3 cm³/mol. The normalized spacial score (nSPS) is 11.2. The zero-order chi connectivity index (χ0) is 11.1. The van der Waals surface area contributed by atoms with E-state index in [1.807, 2.05) is 6.07 Å². The molecule has 0 atom stereocenters. The first-order chi connectivity index (χ1) is 7.18. The average molecular weight is 230 g/mol. The second-order valence-electron chi connectivity index (χ2n) is 3.98. The number of aromatic amines is 1. The number of halogens is 1. The van der Waals surface area contributed by atoms with Crippen molar-refractivity contribution in [3.63, 3.8) is 0 Å². The molecular formula is C11H20ClN3. The van der Waals surface area contributed by atoms with E-state index in [9.17, 15) is 0 Å². The summed E-state index contributed by atoms with van der Waals surface area (Å²) in [5.74, 6) is 0. The number of hydrogen-bond donors (Lipinski definition) is 3. The number of aromatic nitrogens is 1. The van der Waals surface area contributed by atoms with Crippen molar-refractivity contribution in [3.8, 4) is 0 Å². The molecule has 1 rings (SSSR count). The molecule has 0 amide bonds. The van der Waals surface area contributed by atoms with Crippen LogP contribution in [0.4, 0.5) is 0 Å². The molecule has 15 heavy (non-hydrogen) atoms. The molecule has 0 aliphatic heterocycles. The molecule has 3 N–H and O–H groups in total. The van der Waals surface area contributed by atoms with Crippen molar-refractivity contribution in [2.24, 2.45) is 0 Å². The summed E-state index contributed by atoms with van der Waals surface area (Å²) in [6.45, 7) is 7.27. The van der Waals surface area contributed by atoms with Crippen LogP contribution in [0.2, 0.25) is 5.02 Å². The molecule has 0 aromatic carbocycles. The first-order valence-electron chi connectivity index (χ1n) is 5.45. The third-order valence-corrected chi connectivity index (χ3v) is 2.32. The Kier molecular flexibility index (Phi) is 5.76. The van der Waals surface area contributed by atoms with Gasteiger partial charge < -0.3 is 15.6 Å². The van der Waals surface area contributed by atoms with Crippen molar-refractivity contribution in [1.82, 2.24) is 15.6 Å². The lowest BCUT2D eigenvalue weighted by molar-refractivity contribution is 0.546. The largest absolute Gasteiger partial charge is 0.363 e. The summed E-state index contributed by atoms with van der Waals surface area (Å²) >= 11 is 5.79. The van der Waals surface area contributed by atoms with E-state index in [0.29, 0.717) is 6.04 Å². The van der Waals surface area contributed by atoms with Crippen LogP contribution in [-0.4, -0.2) is 24.1 Å². The topological polar surface area (TPSA) is 39.8 Å². The lowest BCUT2D eigenvalue weighted by atomic mass is 10.3. The van der Waals surface area contributed by atoms with Gasteiger partial charge in [0.25, 0.3) is 0 Å². The average Bonchev–Trinajstić information content (AvgIpc) is 2.57. The molecule has 0 bridgehead atoms. The first-order valence-corrected chi connectivity index (χ1v) is 5.83. The molecule has 0 radical (unpaired) electrons. The Balaban J connectivity index is 1.98. The highest BCUT2D eigenvalue weighted by Crippen LogP contribution is 2.08. The fraction of sp³-hybridized carbons (Fsp3) is 0.636. The van der Waals surface area contributed by atoms with E-state index in [1.165, 1.54) is 0 Å². The van der Waals surface area contributed by atoms with Gasteiger partial charge in [-0.15, -0.1) is 0 Å². The fourth-order valence-electron chi connectivity index (χ4n) is 1.34. The molecule has 4 heteroatoms. The standard InChI is InChI=1S/C11H20ClN3/c1-9(2)14-5-3-4-13-8-11-6-10(12)7-15-11/h6-7,9,13-15H,3-5,8H2,1-2H3. The van der Waals surface area contributed by atoms with Crippen LogP contribution < -0.4 is 10.6 Å². The molecule has 86 valence electrons. The van der Waals surface area contributed by atoms with Crippen LogP contribution in [-0.2, 0) is 6.54 Å². The van der Waals surface area contributed by atoms with Gasteiger partial charge in [-0.3, -0.25) is 0 Å². The quantitative estimate of drug-likeness (QED) is 0.627. The number of nitrogens with one attached hydrogen (secondary N) is 3. The van der Waals surface area contributed by atoms with Crippen molar-refractivity contribution in [1.29, 1.82) is 0 Å². The molecule has 0 spiro atoms. The van der Waals surface area contributed by atoms with Crippen LogP contribution in [0.15, 0.2) is 12.3 Å². The van der Waals surface area contributed by atoms with Gasteiger partial charge in [-0.1, -0.05) is 25.4 Å². The van der Waals surface area contributed by atoms with Crippen molar-refractivity contribution in [3.05, 3.63) is 23.0 Å². The van der Waals surface area contributed by atoms with E-state index < -0.39 is 0 Å². The molecule has 0 saturated carbocycles. The Labute approximate surface area is 96.6 Å². The highest BCUT2D eigenvalue weighted by molar-refractivity contribution is 6.30. The Hall–Kier alpha value is -0.510. The number of H-pyrrole nitrogens is 1. The third-order valence-electron chi connectivity index (χ3n) is 2.11. The highest BCUT2D eigenvalue weighted by Gasteiger charge is 1.96. The zero-order valence-corrected chi connectivity index (χ0v) is 10.2. The highest BCUT2D eigenvalue weighted by atomic mass is 35.5. The second-order valence-corrected chi connectivity index (χ2v) is 4.42. The van der Waals surface area contributed by atoms with Gasteiger partial charge in [-0.05, 0) is 25.6 Å². The molecule has 1 aromatic rings. The Morgan fingerprint density at radius 3 is 2.80 bits per heavy atom. The fourth-order valence-corrected chi connectivity index (χ4v) is 1.53. The van der Waals surface area contributed by atoms with Crippen LogP contribution in [0.1, 0.15) is 26.0 Å². The van der Waals surface area contributed by atoms with Crippen molar-refractivity contribution < 1.29 is 0 Å². The van der Waals surface area contributed by atoms with E-state index in [2.05, 4.69) is 29.5 Å². The number of hydrogen-bond acceptors (Lipinski definition) is 2. The smallest absolute Gasteiger partial charge is 0.0583 e. The van der Waals surface area contributed by atoms with Gasteiger partial charge in [-0.2, -0.15) is 0 Å². The van der Waals surface area contributed by atoms with Crippen molar-refractivity contribution in [2.45, 2.75) is 32.9 Å². The van der Waals surface area contributed by atoms with E-state index >= 15 is 0 Å². The first kappa shape index (κ1) is 12.6. The molecule has 0 aliphatic carbocycles. The second kappa shape index (κ2) is 6.88. The van der Waals surface area contributed by atoms with Gasteiger partial charge in [0.05, 0.1) is 5.02 Å². The monoisotopic (exact) mass is 229 g/mol. The Morgan fingerprint density at radius 2 is 2.20 bits per heavy atom. The third kappa shape index (κ3) is 5.82. The van der Waals surface area contributed by atoms with Crippen molar-refractivity contribution in [2.75, 3.05) is 13.1 Å². The molecule has 0 aliphatic rings. The van der Waals surface area contributed by atoms with Crippen LogP contribution in [0.3, 0.4) is 0 Å². The summed E-state index contributed by atoms with van der Waals surface area (Å²) in [6.07, 6.45) is 2.95. The van der Waals surface area contributed by atoms with Gasteiger partial charge in [0.2, 0.25) is 0 Å². The maximum absolute atomic E-state index is 5.79. The van der Waals surface area contributed by atoms with Crippen LogP contribution in [0.25, 0.3) is 0 Å². The minimum Gasteiger partial charge on any atom is -0.363 e. The Morgan fingerprint density at radius 1 is 1.40 bits per heavy atom. The van der Waals surface area contributed by atoms with E-state index in [4.69, 9.17) is 11.6 Å². The van der Waals surface area contributed by atoms with Gasteiger partial charge in [-0.25, -0.2) is 0 Å². The minimum atomic E-state index is 0.576. The maximum atomic E-state index is 5.79. The van der Waals surface area contributed by atoms with Gasteiger partial charge in [0.15, 0.2) is 0 Å². The summed E-state index contributed by atoms with van der Waals surface area (Å²) in [5.41, 5.74) is 1.14. The molecule has 1 aromatic heterocycles. The summed E-state index contributed by atoms with van der Waals surface area (Å²) in [5, 5.41) is 7.51. The summed E-state index contributed by atoms with van der Waals surface area (Å²) in [4.78, 5) is 3.10. The summed E-state index contributed by atoms with van der Waals surface area (Å²) < 4.78 is 0. The summed E-state index contributed by atoms with van der Waals surface area (Å²) in [7, 11) is 0. The predicted octanol–water partition coefficient (Wildman–Crippen LogP) is 2.15. The van der Waals surface area contributed by atoms with E-state index in [-0.39, 0.29) is 0 Å². The zero-order valence-electron chi connectivity index (χ0n) is 9.44. The van der Waals surface area contributed by atoms with Gasteiger partial charge in [0.1, 0.15) is 0 Å². The Bertz CT molecular complexity index is 271. The lowest BCUT2D eigenvalue weighted by Crippen LogP contribution is -2.26. The maximum Gasteiger partial charge on any atom is 0.0583 e. The van der Waals surface area contributed by atoms with Crippen LogP contribution >= 0.6 is 11.6 Å². The van der Waals surface area contributed by atoms with Crippen molar-refractivity contribution >= 4 is 11.6 Å². The minimum absolute atomic E-state index is 0.576. The lowest BCUT2D eigenvalue weighted by Gasteiger charge is -2.07. The summed E-state index contributed by atoms with van der Waals surface area (Å²) in [6, 6.07) is 2.52. The van der Waals surface area contributed by atoms with Gasteiger partial charge in [0, 0.05) is 24.5 Å². The molecular weight excluding hydrogens is 210 g/mol.